The van der Waals surface area contributed by atoms with Crippen molar-refractivity contribution in [1.29, 1.82) is 0 Å². The van der Waals surface area contributed by atoms with E-state index in [1.54, 1.807) is 6.07 Å². The smallest absolute Gasteiger partial charge is 0.254 e. The largest absolute Gasteiger partial charge is 0.480 e. The van der Waals surface area contributed by atoms with Gasteiger partial charge in [0, 0.05) is 0 Å². The number of hydrogen-bond donors (Lipinski definition) is 1. The molecule has 1 aliphatic rings. The molecule has 84 valence electrons. The van der Waals surface area contributed by atoms with Crippen molar-refractivity contribution in [3.8, 4) is 0 Å². The summed E-state index contributed by atoms with van der Waals surface area (Å²) in [5.41, 5.74) is 1.25. The van der Waals surface area contributed by atoms with Gasteiger partial charge in [0.1, 0.15) is 6.04 Å². The number of nitrogens with zero attached hydrogens (tertiary/aromatic N) is 1. The molecule has 4 nitrogen and oxygen atoms in total. The molecular formula is C12H14N2O2. The van der Waals surface area contributed by atoms with Gasteiger partial charge in [-0.15, -0.1) is 0 Å². The number of rotatable bonds is 1. The highest BCUT2D eigenvalue weighted by molar-refractivity contribution is 6.04. The molecule has 0 bridgehead atoms. The van der Waals surface area contributed by atoms with Gasteiger partial charge >= 0.3 is 0 Å². The first-order valence-corrected chi connectivity index (χ1v) is 5.33. The van der Waals surface area contributed by atoms with Crippen molar-refractivity contribution in [2.75, 3.05) is 6.61 Å². The minimum Gasteiger partial charge on any atom is -0.480 e. The van der Waals surface area contributed by atoms with Gasteiger partial charge in [0.15, 0.2) is 0 Å². The fourth-order valence-electron chi connectivity index (χ4n) is 1.62. The highest BCUT2D eigenvalue weighted by atomic mass is 16.5. The summed E-state index contributed by atoms with van der Waals surface area (Å²) < 4.78 is 5.42. The van der Waals surface area contributed by atoms with Crippen LogP contribution < -0.4 is 5.32 Å². The zero-order valence-electron chi connectivity index (χ0n) is 9.36. The van der Waals surface area contributed by atoms with Crippen molar-refractivity contribution in [3.63, 3.8) is 0 Å². The topological polar surface area (TPSA) is 50.7 Å². The van der Waals surface area contributed by atoms with Crippen LogP contribution in [0.3, 0.4) is 0 Å². The number of para-hydroxylation sites is 1. The summed E-state index contributed by atoms with van der Waals surface area (Å²) in [5.74, 6) is 0.447. The zero-order chi connectivity index (χ0) is 11.5. The van der Waals surface area contributed by atoms with E-state index in [1.807, 2.05) is 32.0 Å². The predicted molar refractivity (Wildman–Crippen MR) is 62.1 cm³/mol. The molecule has 0 fully saturated rings. The third kappa shape index (κ3) is 1.91. The quantitative estimate of drug-likeness (QED) is 0.782. The molecule has 0 aliphatic carbocycles. The lowest BCUT2D eigenvalue weighted by Gasteiger charge is -2.13. The molecule has 0 spiro atoms. The number of carbonyl (C=O) groups excluding carboxylic acids is 1. The maximum absolute atomic E-state index is 11.8. The standard InChI is InChI=1S/C12H14N2O2/c1-3-16-12-8(2)13-11(15)9-6-4-5-7-10(9)14-12/h4-8H,3H2,1-2H3,(H,13,15)/t8-/m0/s1. The van der Waals surface area contributed by atoms with Crippen molar-refractivity contribution < 1.29 is 9.53 Å². The molecule has 1 heterocycles. The molecule has 0 saturated carbocycles. The first kappa shape index (κ1) is 10.7. The molecular weight excluding hydrogens is 204 g/mol. The van der Waals surface area contributed by atoms with Crippen molar-refractivity contribution in [2.24, 2.45) is 4.99 Å². The van der Waals surface area contributed by atoms with E-state index in [0.717, 1.165) is 0 Å². The number of benzene rings is 1. The highest BCUT2D eigenvalue weighted by Crippen LogP contribution is 2.22. The van der Waals surface area contributed by atoms with Gasteiger partial charge in [-0.25, -0.2) is 4.99 Å². The maximum Gasteiger partial charge on any atom is 0.254 e. The summed E-state index contributed by atoms with van der Waals surface area (Å²) in [7, 11) is 0. The van der Waals surface area contributed by atoms with E-state index < -0.39 is 0 Å². The number of hydrogen-bond acceptors (Lipinski definition) is 3. The summed E-state index contributed by atoms with van der Waals surface area (Å²) >= 11 is 0. The summed E-state index contributed by atoms with van der Waals surface area (Å²) in [4.78, 5) is 16.2. The molecule has 1 amide bonds. The summed E-state index contributed by atoms with van der Waals surface area (Å²) in [6.07, 6.45) is 0. The molecule has 16 heavy (non-hydrogen) atoms. The summed E-state index contributed by atoms with van der Waals surface area (Å²) in [5, 5.41) is 2.84. The number of fused-ring (bicyclic) bond motifs is 1. The van der Waals surface area contributed by atoms with Crippen LogP contribution in [0.2, 0.25) is 0 Å². The Labute approximate surface area is 94.3 Å². The van der Waals surface area contributed by atoms with Crippen LogP contribution in [-0.4, -0.2) is 24.5 Å². The van der Waals surface area contributed by atoms with E-state index in [1.165, 1.54) is 0 Å². The molecule has 2 rings (SSSR count). The van der Waals surface area contributed by atoms with Crippen molar-refractivity contribution in [2.45, 2.75) is 19.9 Å². The Morgan fingerprint density at radius 1 is 1.44 bits per heavy atom. The van der Waals surface area contributed by atoms with Crippen molar-refractivity contribution in [3.05, 3.63) is 29.8 Å². The van der Waals surface area contributed by atoms with Crippen LogP contribution >= 0.6 is 0 Å². The molecule has 1 aromatic carbocycles. The lowest BCUT2D eigenvalue weighted by molar-refractivity contribution is 0.0947. The van der Waals surface area contributed by atoms with Crippen LogP contribution in [-0.2, 0) is 4.74 Å². The Bertz CT molecular complexity index is 440. The Morgan fingerprint density at radius 3 is 2.94 bits per heavy atom. The number of carbonyl (C=O) groups is 1. The molecule has 0 unspecified atom stereocenters. The second-order valence-electron chi connectivity index (χ2n) is 3.60. The van der Waals surface area contributed by atoms with E-state index >= 15 is 0 Å². The number of amides is 1. The molecule has 0 saturated heterocycles. The van der Waals surface area contributed by atoms with Gasteiger partial charge in [0.2, 0.25) is 5.90 Å². The second kappa shape index (κ2) is 4.35. The Morgan fingerprint density at radius 2 is 2.19 bits per heavy atom. The molecule has 1 atom stereocenters. The lowest BCUT2D eigenvalue weighted by atomic mass is 10.2. The summed E-state index contributed by atoms with van der Waals surface area (Å²) in [6.45, 7) is 4.30. The average Bonchev–Trinajstić information content (AvgIpc) is 2.39. The van der Waals surface area contributed by atoms with Gasteiger partial charge < -0.3 is 10.1 Å². The van der Waals surface area contributed by atoms with Gasteiger partial charge in [-0.05, 0) is 26.0 Å². The third-order valence-corrected chi connectivity index (χ3v) is 2.39. The minimum absolute atomic E-state index is 0.110. The molecule has 1 aromatic rings. The van der Waals surface area contributed by atoms with Crippen LogP contribution in [0.5, 0.6) is 0 Å². The number of aliphatic imine (C=N–C) groups is 1. The van der Waals surface area contributed by atoms with Crippen LogP contribution in [0.15, 0.2) is 29.3 Å². The Kier molecular flexibility index (Phi) is 2.90. The molecule has 4 heteroatoms. The normalized spacial score (nSPS) is 19.2. The average molecular weight is 218 g/mol. The van der Waals surface area contributed by atoms with E-state index in [9.17, 15) is 4.79 Å². The first-order chi connectivity index (χ1) is 7.72. The number of nitrogens with one attached hydrogen (secondary N) is 1. The fraction of sp³-hybridized carbons (Fsp3) is 0.333. The van der Waals surface area contributed by atoms with Crippen LogP contribution in [0.25, 0.3) is 0 Å². The Balaban J connectivity index is 2.45. The zero-order valence-corrected chi connectivity index (χ0v) is 9.36. The van der Waals surface area contributed by atoms with E-state index in [4.69, 9.17) is 4.74 Å². The molecule has 1 N–H and O–H groups in total. The predicted octanol–water partition coefficient (Wildman–Crippen LogP) is 1.89. The van der Waals surface area contributed by atoms with Gasteiger partial charge in [-0.3, -0.25) is 4.79 Å². The second-order valence-corrected chi connectivity index (χ2v) is 3.60. The van der Waals surface area contributed by atoms with Crippen LogP contribution in [0.4, 0.5) is 5.69 Å². The monoisotopic (exact) mass is 218 g/mol. The van der Waals surface area contributed by atoms with E-state index in [2.05, 4.69) is 10.3 Å². The molecule has 0 aromatic heterocycles. The SMILES string of the molecule is CCOC1=Nc2ccccc2C(=O)N[C@H]1C. The summed E-state index contributed by atoms with van der Waals surface area (Å²) in [6, 6.07) is 7.06. The van der Waals surface area contributed by atoms with Gasteiger partial charge in [0.25, 0.3) is 5.91 Å². The van der Waals surface area contributed by atoms with Gasteiger partial charge in [0.05, 0.1) is 17.9 Å². The Hall–Kier alpha value is -1.84. The van der Waals surface area contributed by atoms with Crippen LogP contribution in [0, 0.1) is 0 Å². The maximum atomic E-state index is 11.8. The van der Waals surface area contributed by atoms with E-state index in [0.29, 0.717) is 23.8 Å². The highest BCUT2D eigenvalue weighted by Gasteiger charge is 2.22. The van der Waals surface area contributed by atoms with E-state index in [-0.39, 0.29) is 11.9 Å². The van der Waals surface area contributed by atoms with Gasteiger partial charge in [-0.2, -0.15) is 0 Å². The minimum atomic E-state index is -0.195. The van der Waals surface area contributed by atoms with Crippen molar-refractivity contribution in [1.82, 2.24) is 5.32 Å². The lowest BCUT2D eigenvalue weighted by Crippen LogP contribution is -2.38. The molecule has 1 aliphatic heterocycles. The van der Waals surface area contributed by atoms with Crippen LogP contribution in [0.1, 0.15) is 24.2 Å². The molecule has 0 radical (unpaired) electrons. The van der Waals surface area contributed by atoms with Crippen molar-refractivity contribution >= 4 is 17.5 Å². The fourth-order valence-corrected chi connectivity index (χ4v) is 1.62. The first-order valence-electron chi connectivity index (χ1n) is 5.33. The third-order valence-electron chi connectivity index (χ3n) is 2.39. The number of ether oxygens (including phenoxy) is 1. The van der Waals surface area contributed by atoms with Gasteiger partial charge in [-0.1, -0.05) is 12.1 Å².